The highest BCUT2D eigenvalue weighted by Crippen LogP contribution is 2.12. The third kappa shape index (κ3) is 3.85. The summed E-state index contributed by atoms with van der Waals surface area (Å²) < 4.78 is 3.87. The van der Waals surface area contributed by atoms with Crippen molar-refractivity contribution < 1.29 is 0 Å². The standard InChI is InChI=1S/C6H10N4.C5H8N4.C2H6/c1-5-6-4-8-9-10(6)3-2-7-5;1-2-9-5(3-6-1)4-7-8-9;1-2/h4-5,7H,2-3H2,1H3;4,6H,1-3H2;1-2H3. The van der Waals surface area contributed by atoms with E-state index in [1.54, 1.807) is 6.20 Å². The predicted octanol–water partition coefficient (Wildman–Crippen LogP) is 0.350. The van der Waals surface area contributed by atoms with Crippen LogP contribution in [0.2, 0.25) is 0 Å². The minimum Gasteiger partial charge on any atom is -0.309 e. The maximum atomic E-state index is 3.93. The molecule has 0 radical (unpaired) electrons. The molecule has 0 spiro atoms. The Kier molecular flexibility index (Phi) is 5.82. The van der Waals surface area contributed by atoms with Crippen LogP contribution >= 0.6 is 0 Å². The molecule has 2 N–H and O–H groups in total. The van der Waals surface area contributed by atoms with Gasteiger partial charge in [0.15, 0.2) is 0 Å². The van der Waals surface area contributed by atoms with Crippen LogP contribution in [0.4, 0.5) is 0 Å². The summed E-state index contributed by atoms with van der Waals surface area (Å²) in [5, 5.41) is 22.0. The number of nitrogens with zero attached hydrogens (tertiary/aromatic N) is 6. The first-order valence-electron chi connectivity index (χ1n) is 7.54. The summed E-state index contributed by atoms with van der Waals surface area (Å²) in [6.45, 7) is 10.9. The molecule has 2 aromatic rings. The molecule has 0 aromatic carbocycles. The molecule has 2 aromatic heterocycles. The van der Waals surface area contributed by atoms with Gasteiger partial charge in [-0.25, -0.2) is 9.36 Å². The summed E-state index contributed by atoms with van der Waals surface area (Å²) in [6.07, 6.45) is 3.61. The van der Waals surface area contributed by atoms with E-state index in [9.17, 15) is 0 Å². The summed E-state index contributed by atoms with van der Waals surface area (Å²) in [7, 11) is 0. The Morgan fingerprint density at radius 2 is 1.76 bits per heavy atom. The zero-order valence-corrected chi connectivity index (χ0v) is 13.0. The molecule has 0 aliphatic carbocycles. The monoisotopic (exact) mass is 292 g/mol. The van der Waals surface area contributed by atoms with E-state index in [1.165, 1.54) is 11.4 Å². The van der Waals surface area contributed by atoms with Gasteiger partial charge >= 0.3 is 0 Å². The largest absolute Gasteiger partial charge is 0.309 e. The van der Waals surface area contributed by atoms with E-state index >= 15 is 0 Å². The second kappa shape index (κ2) is 7.84. The van der Waals surface area contributed by atoms with Crippen LogP contribution in [-0.2, 0) is 19.6 Å². The van der Waals surface area contributed by atoms with Crippen LogP contribution in [0.5, 0.6) is 0 Å². The van der Waals surface area contributed by atoms with E-state index < -0.39 is 0 Å². The van der Waals surface area contributed by atoms with Crippen molar-refractivity contribution in [1.82, 2.24) is 40.6 Å². The van der Waals surface area contributed by atoms with E-state index in [1.807, 2.05) is 29.4 Å². The lowest BCUT2D eigenvalue weighted by atomic mass is 10.2. The van der Waals surface area contributed by atoms with Crippen molar-refractivity contribution in [3.63, 3.8) is 0 Å². The third-order valence-corrected chi connectivity index (χ3v) is 3.37. The first-order chi connectivity index (χ1) is 10.3. The lowest BCUT2D eigenvalue weighted by molar-refractivity contribution is 0.415. The average Bonchev–Trinajstić information content (AvgIpc) is 3.19. The molecule has 0 fully saturated rings. The summed E-state index contributed by atoms with van der Waals surface area (Å²) in [6, 6.07) is 0.406. The van der Waals surface area contributed by atoms with Crippen LogP contribution in [0.25, 0.3) is 0 Å². The van der Waals surface area contributed by atoms with Crippen LogP contribution in [0.15, 0.2) is 12.4 Å². The molecule has 2 aliphatic rings. The SMILES string of the molecule is CC.CC1NCCn2nncc21.c1nnn2c1CNCC2. The lowest BCUT2D eigenvalue weighted by Gasteiger charge is -2.20. The normalized spacial score (nSPS) is 19.3. The quantitative estimate of drug-likeness (QED) is 0.729. The Hall–Kier alpha value is -1.80. The van der Waals surface area contributed by atoms with Crippen molar-refractivity contribution in [3.8, 4) is 0 Å². The molecule has 1 unspecified atom stereocenters. The van der Waals surface area contributed by atoms with E-state index in [4.69, 9.17) is 0 Å². The van der Waals surface area contributed by atoms with Crippen LogP contribution in [0.3, 0.4) is 0 Å². The summed E-state index contributed by atoms with van der Waals surface area (Å²) >= 11 is 0. The maximum absolute atomic E-state index is 3.93. The van der Waals surface area contributed by atoms with Crippen LogP contribution in [0.1, 0.15) is 38.2 Å². The molecule has 8 nitrogen and oxygen atoms in total. The molecule has 0 saturated carbocycles. The Morgan fingerprint density at radius 3 is 2.52 bits per heavy atom. The fourth-order valence-corrected chi connectivity index (χ4v) is 2.27. The van der Waals surface area contributed by atoms with Gasteiger partial charge in [-0.15, -0.1) is 10.2 Å². The highest BCUT2D eigenvalue weighted by Gasteiger charge is 2.15. The van der Waals surface area contributed by atoms with Gasteiger partial charge in [0, 0.05) is 25.7 Å². The third-order valence-electron chi connectivity index (χ3n) is 3.37. The van der Waals surface area contributed by atoms with Gasteiger partial charge in [-0.05, 0) is 6.92 Å². The fraction of sp³-hybridized carbons (Fsp3) is 0.692. The molecule has 0 saturated heterocycles. The Labute approximate surface area is 124 Å². The Bertz CT molecular complexity index is 511. The number of aromatic nitrogens is 6. The van der Waals surface area contributed by atoms with E-state index in [-0.39, 0.29) is 0 Å². The van der Waals surface area contributed by atoms with Gasteiger partial charge in [-0.3, -0.25) is 0 Å². The van der Waals surface area contributed by atoms with Crippen molar-refractivity contribution in [2.45, 2.75) is 46.4 Å². The smallest absolute Gasteiger partial charge is 0.0754 e. The summed E-state index contributed by atoms with van der Waals surface area (Å²) in [4.78, 5) is 0. The van der Waals surface area contributed by atoms with Gasteiger partial charge in [0.25, 0.3) is 0 Å². The molecule has 21 heavy (non-hydrogen) atoms. The molecule has 0 bridgehead atoms. The molecule has 116 valence electrons. The fourth-order valence-electron chi connectivity index (χ4n) is 2.27. The first kappa shape index (κ1) is 15.6. The second-order valence-corrected chi connectivity index (χ2v) is 4.68. The van der Waals surface area contributed by atoms with Gasteiger partial charge in [0.2, 0.25) is 0 Å². The summed E-state index contributed by atoms with van der Waals surface area (Å²) in [5.74, 6) is 0. The van der Waals surface area contributed by atoms with Gasteiger partial charge in [-0.2, -0.15) is 0 Å². The number of nitrogens with one attached hydrogen (secondary N) is 2. The van der Waals surface area contributed by atoms with Crippen molar-refractivity contribution in [3.05, 3.63) is 23.8 Å². The number of fused-ring (bicyclic) bond motifs is 2. The van der Waals surface area contributed by atoms with Gasteiger partial charge in [-0.1, -0.05) is 24.3 Å². The Balaban J connectivity index is 0.000000138. The predicted molar refractivity (Wildman–Crippen MR) is 79.5 cm³/mol. The molecule has 8 heteroatoms. The molecule has 2 aliphatic heterocycles. The molecular formula is C13H24N8. The minimum atomic E-state index is 0.406. The number of hydrogen-bond acceptors (Lipinski definition) is 6. The van der Waals surface area contributed by atoms with Gasteiger partial charge < -0.3 is 10.6 Å². The average molecular weight is 292 g/mol. The summed E-state index contributed by atoms with van der Waals surface area (Å²) in [5.41, 5.74) is 2.37. The van der Waals surface area contributed by atoms with Crippen molar-refractivity contribution in [2.24, 2.45) is 0 Å². The Morgan fingerprint density at radius 1 is 1.05 bits per heavy atom. The van der Waals surface area contributed by atoms with Gasteiger partial charge in [0.1, 0.15) is 0 Å². The number of rotatable bonds is 0. The van der Waals surface area contributed by atoms with Crippen LogP contribution in [-0.4, -0.2) is 43.1 Å². The molecule has 4 rings (SSSR count). The molecule has 0 amide bonds. The topological polar surface area (TPSA) is 85.5 Å². The zero-order chi connectivity index (χ0) is 15.1. The van der Waals surface area contributed by atoms with Crippen molar-refractivity contribution in [2.75, 3.05) is 13.1 Å². The highest BCUT2D eigenvalue weighted by atomic mass is 15.4. The lowest BCUT2D eigenvalue weighted by Crippen LogP contribution is -2.31. The van der Waals surface area contributed by atoms with Crippen LogP contribution in [0, 0.1) is 0 Å². The van der Waals surface area contributed by atoms with E-state index in [0.29, 0.717) is 6.04 Å². The second-order valence-electron chi connectivity index (χ2n) is 4.68. The van der Waals surface area contributed by atoms with E-state index in [2.05, 4.69) is 38.2 Å². The maximum Gasteiger partial charge on any atom is 0.0754 e. The van der Waals surface area contributed by atoms with Crippen molar-refractivity contribution in [1.29, 1.82) is 0 Å². The molecular weight excluding hydrogens is 268 g/mol. The van der Waals surface area contributed by atoms with Gasteiger partial charge in [0.05, 0.1) is 36.9 Å². The highest BCUT2D eigenvalue weighted by molar-refractivity contribution is 5.02. The van der Waals surface area contributed by atoms with Crippen LogP contribution < -0.4 is 10.6 Å². The molecule has 4 heterocycles. The minimum absolute atomic E-state index is 0.406. The zero-order valence-electron chi connectivity index (χ0n) is 13.0. The molecule has 1 atom stereocenters. The first-order valence-corrected chi connectivity index (χ1v) is 7.54. The number of hydrogen-bond donors (Lipinski definition) is 2. The van der Waals surface area contributed by atoms with Crippen molar-refractivity contribution >= 4 is 0 Å². The van der Waals surface area contributed by atoms with E-state index in [0.717, 1.165) is 32.7 Å².